The number of hydrogen-bond donors (Lipinski definition) is 4. The molecule has 0 radical (unpaired) electrons. The number of rotatable bonds is 2. The Labute approximate surface area is 125 Å². The molecule has 106 valence electrons. The van der Waals surface area contributed by atoms with Crippen molar-refractivity contribution in [2.24, 2.45) is 0 Å². The SMILES string of the molecule is O=C1NC(S)N(Cc2nc3ccccc3[nH]2)c2nc[nH]c21. The van der Waals surface area contributed by atoms with Crippen LogP contribution in [0.1, 0.15) is 16.3 Å². The van der Waals surface area contributed by atoms with Gasteiger partial charge in [-0.1, -0.05) is 12.1 Å². The molecule has 1 aliphatic heterocycles. The Bertz CT molecular complexity index is 792. The van der Waals surface area contributed by atoms with Crippen LogP contribution in [0.3, 0.4) is 0 Å². The summed E-state index contributed by atoms with van der Waals surface area (Å²) in [5, 5.41) is 2.76. The Hall–Kier alpha value is -2.48. The van der Waals surface area contributed by atoms with Gasteiger partial charge in [-0.05, 0) is 12.1 Å². The van der Waals surface area contributed by atoms with Gasteiger partial charge in [-0.25, -0.2) is 9.97 Å². The lowest BCUT2D eigenvalue weighted by Gasteiger charge is -2.32. The van der Waals surface area contributed by atoms with E-state index in [-0.39, 0.29) is 5.91 Å². The van der Waals surface area contributed by atoms with Crippen molar-refractivity contribution in [1.82, 2.24) is 25.3 Å². The molecule has 0 bridgehead atoms. The summed E-state index contributed by atoms with van der Waals surface area (Å²) in [5.41, 5.74) is 1.89. The van der Waals surface area contributed by atoms with E-state index < -0.39 is 5.50 Å². The third-order valence-electron chi connectivity index (χ3n) is 3.43. The Morgan fingerprint density at radius 2 is 2.19 bits per heavy atom. The molecule has 3 N–H and O–H groups in total. The van der Waals surface area contributed by atoms with Crippen molar-refractivity contribution in [3.05, 3.63) is 42.1 Å². The summed E-state index contributed by atoms with van der Waals surface area (Å²) >= 11 is 4.41. The van der Waals surface area contributed by atoms with Crippen LogP contribution >= 0.6 is 12.6 Å². The topological polar surface area (TPSA) is 89.7 Å². The number of anilines is 1. The highest BCUT2D eigenvalue weighted by Crippen LogP contribution is 2.25. The Balaban J connectivity index is 1.70. The molecule has 3 aromatic rings. The van der Waals surface area contributed by atoms with Crippen molar-refractivity contribution in [2.45, 2.75) is 12.0 Å². The molecule has 3 heterocycles. The molecule has 1 aromatic carbocycles. The molecule has 0 saturated heterocycles. The van der Waals surface area contributed by atoms with Crippen LogP contribution in [0.2, 0.25) is 0 Å². The van der Waals surface area contributed by atoms with Gasteiger partial charge in [-0.15, -0.1) is 12.6 Å². The van der Waals surface area contributed by atoms with Crippen molar-refractivity contribution >= 4 is 35.4 Å². The standard InChI is InChI=1S/C13H12N6OS/c20-12-10-11(15-6-14-10)19(13(21)18-12)5-9-16-7-3-1-2-4-8(7)17-9/h1-4,6,13,21H,5H2,(H,14,15)(H,16,17)(H,18,20). The maximum atomic E-state index is 11.8. The van der Waals surface area contributed by atoms with E-state index in [1.54, 1.807) is 0 Å². The predicted octanol–water partition coefficient (Wildman–Crippen LogP) is 1.25. The second-order valence-corrected chi connectivity index (χ2v) is 5.27. The number of para-hydroxylation sites is 2. The average Bonchev–Trinajstić information content (AvgIpc) is 3.09. The summed E-state index contributed by atoms with van der Waals surface area (Å²) in [7, 11) is 0. The maximum absolute atomic E-state index is 11.8. The molecular formula is C13H12N6OS. The largest absolute Gasteiger partial charge is 0.340 e. The van der Waals surface area contributed by atoms with Gasteiger partial charge in [0.25, 0.3) is 5.91 Å². The number of imidazole rings is 2. The molecule has 8 heteroatoms. The molecule has 7 nitrogen and oxygen atoms in total. The summed E-state index contributed by atoms with van der Waals surface area (Å²) in [6.07, 6.45) is 1.50. The van der Waals surface area contributed by atoms with Gasteiger partial charge in [0, 0.05) is 0 Å². The fraction of sp³-hybridized carbons (Fsp3) is 0.154. The average molecular weight is 300 g/mol. The fourth-order valence-corrected chi connectivity index (χ4v) is 2.77. The summed E-state index contributed by atoms with van der Waals surface area (Å²) < 4.78 is 0. The molecule has 4 rings (SSSR count). The first-order valence-electron chi connectivity index (χ1n) is 6.45. The number of fused-ring (bicyclic) bond motifs is 2. The van der Waals surface area contributed by atoms with Gasteiger partial charge in [0.05, 0.1) is 23.9 Å². The Kier molecular flexibility index (Phi) is 2.64. The normalized spacial score (nSPS) is 17.9. The van der Waals surface area contributed by atoms with Crippen LogP contribution < -0.4 is 10.2 Å². The number of hydrogen-bond acceptors (Lipinski definition) is 5. The van der Waals surface area contributed by atoms with Crippen LogP contribution in [0.4, 0.5) is 5.82 Å². The van der Waals surface area contributed by atoms with E-state index in [9.17, 15) is 4.79 Å². The van der Waals surface area contributed by atoms with Crippen LogP contribution in [-0.2, 0) is 6.54 Å². The minimum Gasteiger partial charge on any atom is -0.340 e. The first kappa shape index (κ1) is 12.3. The number of H-pyrrole nitrogens is 2. The van der Waals surface area contributed by atoms with Gasteiger partial charge in [-0.2, -0.15) is 0 Å². The molecular weight excluding hydrogens is 288 g/mol. The number of thiol groups is 1. The minimum absolute atomic E-state index is 0.205. The summed E-state index contributed by atoms with van der Waals surface area (Å²) in [4.78, 5) is 28.5. The number of amides is 1. The number of nitrogens with one attached hydrogen (secondary N) is 3. The summed E-state index contributed by atoms with van der Waals surface area (Å²) in [6, 6.07) is 7.83. The summed E-state index contributed by atoms with van der Waals surface area (Å²) in [6.45, 7) is 0.473. The van der Waals surface area contributed by atoms with Gasteiger partial charge in [0.1, 0.15) is 17.0 Å². The number of benzene rings is 1. The molecule has 0 fully saturated rings. The van der Waals surface area contributed by atoms with E-state index >= 15 is 0 Å². The maximum Gasteiger partial charge on any atom is 0.273 e. The fourth-order valence-electron chi connectivity index (χ4n) is 2.46. The highest BCUT2D eigenvalue weighted by atomic mass is 32.1. The van der Waals surface area contributed by atoms with Gasteiger partial charge >= 0.3 is 0 Å². The van der Waals surface area contributed by atoms with Crippen LogP contribution in [0.5, 0.6) is 0 Å². The van der Waals surface area contributed by atoms with Gasteiger partial charge in [-0.3, -0.25) is 4.79 Å². The molecule has 2 aromatic heterocycles. The van der Waals surface area contributed by atoms with Crippen molar-refractivity contribution in [1.29, 1.82) is 0 Å². The molecule has 1 atom stereocenters. The highest BCUT2D eigenvalue weighted by Gasteiger charge is 2.31. The van der Waals surface area contributed by atoms with Gasteiger partial charge in [0.15, 0.2) is 5.82 Å². The van der Waals surface area contributed by atoms with Crippen LogP contribution in [-0.4, -0.2) is 31.3 Å². The Morgan fingerprint density at radius 1 is 1.33 bits per heavy atom. The molecule has 1 amide bonds. The first-order valence-corrected chi connectivity index (χ1v) is 6.96. The third-order valence-corrected chi connectivity index (χ3v) is 3.84. The molecule has 0 aliphatic carbocycles. The lowest BCUT2D eigenvalue weighted by Crippen LogP contribution is -2.49. The van der Waals surface area contributed by atoms with Crippen molar-refractivity contribution in [3.63, 3.8) is 0 Å². The predicted molar refractivity (Wildman–Crippen MR) is 81.1 cm³/mol. The molecule has 1 aliphatic rings. The lowest BCUT2D eigenvalue weighted by molar-refractivity contribution is 0.0937. The third kappa shape index (κ3) is 1.95. The number of aromatic amines is 2. The van der Waals surface area contributed by atoms with Crippen LogP contribution in [0.25, 0.3) is 11.0 Å². The number of carbonyl (C=O) groups is 1. The second-order valence-electron chi connectivity index (χ2n) is 4.78. The Morgan fingerprint density at radius 3 is 3.05 bits per heavy atom. The number of carbonyl (C=O) groups excluding carboxylic acids is 1. The zero-order chi connectivity index (χ0) is 14.4. The van der Waals surface area contributed by atoms with Crippen molar-refractivity contribution in [3.8, 4) is 0 Å². The zero-order valence-corrected chi connectivity index (χ0v) is 11.8. The molecule has 21 heavy (non-hydrogen) atoms. The molecule has 0 saturated carbocycles. The van der Waals surface area contributed by atoms with Gasteiger partial charge in [0.2, 0.25) is 0 Å². The number of aromatic nitrogens is 4. The smallest absolute Gasteiger partial charge is 0.273 e. The second kappa shape index (κ2) is 4.52. The van der Waals surface area contributed by atoms with Gasteiger partial charge < -0.3 is 20.2 Å². The quantitative estimate of drug-likeness (QED) is 0.536. The monoisotopic (exact) mass is 300 g/mol. The first-order chi connectivity index (χ1) is 10.2. The molecule has 0 spiro atoms. The van der Waals surface area contributed by atoms with Crippen LogP contribution in [0.15, 0.2) is 30.6 Å². The van der Waals surface area contributed by atoms with E-state index in [0.29, 0.717) is 18.1 Å². The van der Waals surface area contributed by atoms with E-state index in [0.717, 1.165) is 16.9 Å². The van der Waals surface area contributed by atoms with E-state index in [2.05, 4.69) is 37.9 Å². The molecule has 1 unspecified atom stereocenters. The lowest BCUT2D eigenvalue weighted by atomic mass is 10.3. The van der Waals surface area contributed by atoms with Crippen LogP contribution in [0, 0.1) is 0 Å². The zero-order valence-electron chi connectivity index (χ0n) is 10.9. The van der Waals surface area contributed by atoms with Crippen molar-refractivity contribution in [2.75, 3.05) is 4.90 Å². The van der Waals surface area contributed by atoms with Crippen molar-refractivity contribution < 1.29 is 4.79 Å². The summed E-state index contributed by atoms with van der Waals surface area (Å²) in [5.74, 6) is 1.17. The highest BCUT2D eigenvalue weighted by molar-refractivity contribution is 7.81. The number of nitrogens with zero attached hydrogens (tertiary/aromatic N) is 3. The minimum atomic E-state index is -0.443. The van der Waals surface area contributed by atoms with E-state index in [4.69, 9.17) is 0 Å². The van der Waals surface area contributed by atoms with E-state index in [1.807, 2.05) is 29.2 Å². The van der Waals surface area contributed by atoms with E-state index in [1.165, 1.54) is 6.33 Å².